The molecule has 1 aromatic heterocycles. The van der Waals surface area contributed by atoms with Gasteiger partial charge in [0.15, 0.2) is 0 Å². The minimum Gasteiger partial charge on any atom is -0.481 e. The topological polar surface area (TPSA) is 92.7 Å². The molecule has 2 aliphatic carbocycles. The highest BCUT2D eigenvalue weighted by Crippen LogP contribution is 2.49. The summed E-state index contributed by atoms with van der Waals surface area (Å²) in [6, 6.07) is 0. The molecule has 1 saturated carbocycles. The highest BCUT2D eigenvalue weighted by Gasteiger charge is 2.51. The molecule has 0 aromatic carbocycles. The van der Waals surface area contributed by atoms with Gasteiger partial charge in [-0.1, -0.05) is 19.1 Å². The molecule has 7 heteroatoms. The molecule has 0 radical (unpaired) electrons. The molecule has 0 aliphatic heterocycles. The molecule has 6 nitrogen and oxygen atoms in total. The van der Waals surface area contributed by atoms with E-state index in [9.17, 15) is 19.5 Å². The van der Waals surface area contributed by atoms with E-state index in [1.54, 1.807) is 13.8 Å². The number of nitrogens with one attached hydrogen (secondary N) is 1. The zero-order chi connectivity index (χ0) is 19.9. The van der Waals surface area contributed by atoms with E-state index >= 15 is 0 Å². The van der Waals surface area contributed by atoms with Gasteiger partial charge in [-0.05, 0) is 51.0 Å². The van der Waals surface area contributed by atoms with Gasteiger partial charge in [0, 0.05) is 4.88 Å². The fourth-order valence-corrected chi connectivity index (χ4v) is 5.43. The zero-order valence-corrected chi connectivity index (χ0v) is 16.8. The Morgan fingerprint density at radius 3 is 2.44 bits per heavy atom. The molecule has 4 atom stereocenters. The van der Waals surface area contributed by atoms with Gasteiger partial charge in [-0.25, -0.2) is 4.79 Å². The second-order valence-corrected chi connectivity index (χ2v) is 8.70. The summed E-state index contributed by atoms with van der Waals surface area (Å²) in [4.78, 5) is 38.2. The maximum atomic E-state index is 13.0. The van der Waals surface area contributed by atoms with Gasteiger partial charge in [-0.15, -0.1) is 11.3 Å². The molecule has 0 spiro atoms. The van der Waals surface area contributed by atoms with Crippen LogP contribution in [0.1, 0.15) is 48.0 Å². The number of esters is 1. The number of aliphatic carboxylic acids is 1. The third-order valence-corrected chi connectivity index (χ3v) is 6.46. The molecule has 3 rings (SSSR count). The van der Waals surface area contributed by atoms with Gasteiger partial charge in [-0.2, -0.15) is 0 Å². The van der Waals surface area contributed by atoms with Crippen LogP contribution < -0.4 is 5.32 Å². The minimum atomic E-state index is -0.942. The van der Waals surface area contributed by atoms with Crippen molar-refractivity contribution in [2.45, 2.75) is 46.6 Å². The molecule has 0 saturated heterocycles. The third-order valence-electron chi connectivity index (χ3n) is 5.39. The molecule has 146 valence electrons. The van der Waals surface area contributed by atoms with Crippen LogP contribution >= 0.6 is 11.3 Å². The van der Waals surface area contributed by atoms with Gasteiger partial charge in [0.1, 0.15) is 5.00 Å². The number of carbonyl (C=O) groups excluding carboxylic acids is 2. The molecule has 2 N–H and O–H groups in total. The molecule has 1 fully saturated rings. The summed E-state index contributed by atoms with van der Waals surface area (Å²) in [6.07, 6.45) is 4.93. The van der Waals surface area contributed by atoms with Gasteiger partial charge >= 0.3 is 11.9 Å². The van der Waals surface area contributed by atoms with Crippen LogP contribution in [0.3, 0.4) is 0 Å². The zero-order valence-electron chi connectivity index (χ0n) is 15.9. The lowest BCUT2D eigenvalue weighted by Crippen LogP contribution is -2.36. The first-order valence-corrected chi connectivity index (χ1v) is 10.1. The quantitative estimate of drug-likeness (QED) is 0.570. The first-order valence-electron chi connectivity index (χ1n) is 9.29. The van der Waals surface area contributed by atoms with Crippen molar-refractivity contribution in [2.24, 2.45) is 23.7 Å². The smallest absolute Gasteiger partial charge is 0.341 e. The van der Waals surface area contributed by atoms with E-state index in [4.69, 9.17) is 4.74 Å². The fourth-order valence-electron chi connectivity index (χ4n) is 4.29. The predicted molar refractivity (Wildman–Crippen MR) is 103 cm³/mol. The van der Waals surface area contributed by atoms with E-state index in [1.807, 2.05) is 26.0 Å². The number of amides is 1. The van der Waals surface area contributed by atoms with E-state index in [-0.39, 0.29) is 23.8 Å². The molecule has 1 aromatic rings. The number of carboxylic acids is 1. The van der Waals surface area contributed by atoms with E-state index in [0.29, 0.717) is 23.4 Å². The average Bonchev–Trinajstić information content (AvgIpc) is 3.25. The SMILES string of the molecule is CCc1c(C)sc(NC(=O)[C@H]2[C@H](C(=O)O)[C@H]3C=C[C@H]2C3)c1C(=O)OC(C)C. The number of fused-ring (bicyclic) bond motifs is 2. The largest absolute Gasteiger partial charge is 0.481 e. The van der Waals surface area contributed by atoms with Crippen molar-refractivity contribution in [3.63, 3.8) is 0 Å². The van der Waals surface area contributed by atoms with Crippen LogP contribution in [0.4, 0.5) is 5.00 Å². The summed E-state index contributed by atoms with van der Waals surface area (Å²) in [5.74, 6) is -3.20. The number of carbonyl (C=O) groups is 3. The Bertz CT molecular complexity index is 810. The molecule has 2 aliphatic rings. The maximum Gasteiger partial charge on any atom is 0.341 e. The van der Waals surface area contributed by atoms with Crippen molar-refractivity contribution < 1.29 is 24.2 Å². The Labute approximate surface area is 162 Å². The van der Waals surface area contributed by atoms with Crippen LogP contribution in [0.15, 0.2) is 12.2 Å². The van der Waals surface area contributed by atoms with E-state index in [1.165, 1.54) is 11.3 Å². The van der Waals surface area contributed by atoms with Crippen molar-refractivity contribution in [2.75, 3.05) is 5.32 Å². The molecule has 1 heterocycles. The van der Waals surface area contributed by atoms with Gasteiger partial charge in [0.25, 0.3) is 0 Å². The van der Waals surface area contributed by atoms with Crippen LogP contribution in [0.2, 0.25) is 0 Å². The maximum absolute atomic E-state index is 13.0. The Kier molecular flexibility index (Phi) is 5.42. The molecular formula is C20H25NO5S. The van der Waals surface area contributed by atoms with Gasteiger partial charge in [-0.3, -0.25) is 9.59 Å². The summed E-state index contributed by atoms with van der Waals surface area (Å²) in [5, 5.41) is 12.9. The van der Waals surface area contributed by atoms with Crippen LogP contribution in [0, 0.1) is 30.6 Å². The van der Waals surface area contributed by atoms with Crippen molar-refractivity contribution in [3.8, 4) is 0 Å². The lowest BCUT2D eigenvalue weighted by atomic mass is 9.82. The first kappa shape index (κ1) is 19.6. The summed E-state index contributed by atoms with van der Waals surface area (Å²) in [7, 11) is 0. The summed E-state index contributed by atoms with van der Waals surface area (Å²) < 4.78 is 5.36. The number of allylic oxidation sites excluding steroid dienone is 2. The highest BCUT2D eigenvalue weighted by molar-refractivity contribution is 7.16. The van der Waals surface area contributed by atoms with Gasteiger partial charge in [0.05, 0.1) is 23.5 Å². The number of carboxylic acid groups (broad SMARTS) is 1. The Morgan fingerprint density at radius 2 is 1.89 bits per heavy atom. The number of ether oxygens (including phenoxy) is 1. The number of aryl methyl sites for hydroxylation is 1. The monoisotopic (exact) mass is 391 g/mol. The standard InChI is InChI=1S/C20H25NO5S/c1-5-13-10(4)27-18(16(13)20(25)26-9(2)3)21-17(22)14-11-6-7-12(8-11)15(14)19(23)24/h6-7,9,11-12,14-15H,5,8H2,1-4H3,(H,21,22)(H,23,24)/t11-,12-,14+,15+/m0/s1. The molecular weight excluding hydrogens is 366 g/mol. The normalized spacial score (nSPS) is 25.8. The van der Waals surface area contributed by atoms with E-state index < -0.39 is 23.8 Å². The number of thiophene rings is 1. The Morgan fingerprint density at radius 1 is 1.26 bits per heavy atom. The second-order valence-electron chi connectivity index (χ2n) is 7.48. The third kappa shape index (κ3) is 3.52. The number of anilines is 1. The van der Waals surface area contributed by atoms with Crippen LogP contribution in [0.5, 0.6) is 0 Å². The molecule has 1 amide bonds. The lowest BCUT2D eigenvalue weighted by Gasteiger charge is -2.23. The highest BCUT2D eigenvalue weighted by atomic mass is 32.1. The molecule has 27 heavy (non-hydrogen) atoms. The Balaban J connectivity index is 1.89. The number of rotatable bonds is 6. The predicted octanol–water partition coefficient (Wildman–Crippen LogP) is 3.65. The summed E-state index contributed by atoms with van der Waals surface area (Å²) >= 11 is 1.34. The number of hydrogen-bond acceptors (Lipinski definition) is 5. The van der Waals surface area contributed by atoms with Crippen molar-refractivity contribution in [1.29, 1.82) is 0 Å². The van der Waals surface area contributed by atoms with Gasteiger partial charge < -0.3 is 15.2 Å². The van der Waals surface area contributed by atoms with Crippen LogP contribution in [-0.4, -0.2) is 29.1 Å². The van der Waals surface area contributed by atoms with E-state index in [2.05, 4.69) is 5.32 Å². The van der Waals surface area contributed by atoms with Crippen molar-refractivity contribution in [1.82, 2.24) is 0 Å². The van der Waals surface area contributed by atoms with E-state index in [0.717, 1.165) is 10.4 Å². The molecule has 0 unspecified atom stereocenters. The Hall–Kier alpha value is -2.15. The van der Waals surface area contributed by atoms with Crippen molar-refractivity contribution in [3.05, 3.63) is 28.2 Å². The van der Waals surface area contributed by atoms with Gasteiger partial charge in [0.2, 0.25) is 5.91 Å². The second kappa shape index (κ2) is 7.46. The van der Waals surface area contributed by atoms with Crippen LogP contribution in [-0.2, 0) is 20.7 Å². The number of hydrogen-bond donors (Lipinski definition) is 2. The summed E-state index contributed by atoms with van der Waals surface area (Å²) in [6.45, 7) is 7.42. The summed E-state index contributed by atoms with van der Waals surface area (Å²) in [5.41, 5.74) is 1.26. The van der Waals surface area contributed by atoms with Crippen molar-refractivity contribution >= 4 is 34.2 Å². The molecule has 2 bridgehead atoms. The lowest BCUT2D eigenvalue weighted by molar-refractivity contribution is -0.146. The first-order chi connectivity index (χ1) is 12.7. The average molecular weight is 391 g/mol. The minimum absolute atomic E-state index is 0.0612. The fraction of sp³-hybridized carbons (Fsp3) is 0.550. The van der Waals surface area contributed by atoms with Crippen LogP contribution in [0.25, 0.3) is 0 Å².